The summed E-state index contributed by atoms with van der Waals surface area (Å²) in [5.74, 6) is -0.347. The predicted molar refractivity (Wildman–Crippen MR) is 77.7 cm³/mol. The number of halogens is 3. The Morgan fingerprint density at radius 2 is 1.89 bits per heavy atom. The lowest BCUT2D eigenvalue weighted by Crippen LogP contribution is -2.06. The molecule has 0 fully saturated rings. The molecular weight excluding hydrogens is 317 g/mol. The van der Waals surface area contributed by atoms with E-state index in [9.17, 15) is 4.39 Å². The molecule has 2 aromatic carbocycles. The van der Waals surface area contributed by atoms with Crippen molar-refractivity contribution in [3.05, 3.63) is 63.3 Å². The summed E-state index contributed by atoms with van der Waals surface area (Å²) in [6, 6.07) is 12.9. The van der Waals surface area contributed by atoms with E-state index in [0.29, 0.717) is 9.50 Å². The van der Waals surface area contributed by atoms with Crippen LogP contribution >= 0.6 is 27.5 Å². The Balaban J connectivity index is 1.99. The van der Waals surface area contributed by atoms with Crippen molar-refractivity contribution in [3.63, 3.8) is 0 Å². The third kappa shape index (κ3) is 3.47. The monoisotopic (exact) mass is 327 g/mol. The Morgan fingerprint density at radius 1 is 1.17 bits per heavy atom. The van der Waals surface area contributed by atoms with Gasteiger partial charge < -0.3 is 5.32 Å². The lowest BCUT2D eigenvalue weighted by atomic mass is 10.1. The fraction of sp³-hybridized carbons (Fsp3) is 0.143. The van der Waals surface area contributed by atoms with Crippen LogP contribution in [0.3, 0.4) is 0 Å². The predicted octanol–water partition coefficient (Wildman–Crippen LogP) is 4.90. The summed E-state index contributed by atoms with van der Waals surface area (Å²) in [7, 11) is 0. The van der Waals surface area contributed by atoms with Gasteiger partial charge in [0.1, 0.15) is 5.82 Å². The average Bonchev–Trinajstić information content (AvgIpc) is 2.34. The largest absolute Gasteiger partial charge is 0.383 e. The quantitative estimate of drug-likeness (QED) is 0.842. The Kier molecular flexibility index (Phi) is 4.61. The van der Waals surface area contributed by atoms with Crippen molar-refractivity contribution < 1.29 is 4.39 Å². The molecular formula is C14H12BrClFN. The molecule has 0 bridgehead atoms. The van der Waals surface area contributed by atoms with Gasteiger partial charge in [-0.2, -0.15) is 0 Å². The molecule has 1 N–H and O–H groups in total. The SMILES string of the molecule is Fc1cc(Cl)c(NCCc2ccccc2)c(Br)c1. The van der Waals surface area contributed by atoms with Crippen LogP contribution in [0.1, 0.15) is 5.56 Å². The van der Waals surface area contributed by atoms with Gasteiger partial charge in [-0.3, -0.25) is 0 Å². The minimum Gasteiger partial charge on any atom is -0.383 e. The minimum atomic E-state index is -0.347. The summed E-state index contributed by atoms with van der Waals surface area (Å²) in [6.07, 6.45) is 0.890. The van der Waals surface area contributed by atoms with Gasteiger partial charge in [0, 0.05) is 11.0 Å². The zero-order valence-corrected chi connectivity index (χ0v) is 11.9. The van der Waals surface area contributed by atoms with Gasteiger partial charge in [0.2, 0.25) is 0 Å². The van der Waals surface area contributed by atoms with Crippen LogP contribution in [-0.4, -0.2) is 6.54 Å². The zero-order valence-electron chi connectivity index (χ0n) is 9.59. The first-order chi connectivity index (χ1) is 8.66. The van der Waals surface area contributed by atoms with Crippen LogP contribution in [-0.2, 0) is 6.42 Å². The second-order valence-corrected chi connectivity index (χ2v) is 5.17. The van der Waals surface area contributed by atoms with Gasteiger partial charge in [-0.1, -0.05) is 41.9 Å². The third-order valence-corrected chi connectivity index (χ3v) is 3.49. The van der Waals surface area contributed by atoms with Crippen LogP contribution in [0, 0.1) is 5.82 Å². The highest BCUT2D eigenvalue weighted by molar-refractivity contribution is 9.10. The number of benzene rings is 2. The van der Waals surface area contributed by atoms with Gasteiger partial charge in [0.05, 0.1) is 10.7 Å². The molecule has 0 aromatic heterocycles. The molecule has 0 saturated carbocycles. The summed E-state index contributed by atoms with van der Waals surface area (Å²) in [5, 5.41) is 3.60. The van der Waals surface area contributed by atoms with E-state index < -0.39 is 0 Å². The number of hydrogen-bond acceptors (Lipinski definition) is 1. The fourth-order valence-electron chi connectivity index (χ4n) is 1.69. The summed E-state index contributed by atoms with van der Waals surface area (Å²) in [5.41, 5.74) is 1.98. The smallest absolute Gasteiger partial charge is 0.125 e. The van der Waals surface area contributed by atoms with Gasteiger partial charge in [0.25, 0.3) is 0 Å². The molecule has 0 aliphatic rings. The fourth-order valence-corrected chi connectivity index (χ4v) is 2.65. The number of anilines is 1. The Hall–Kier alpha value is -1.06. The van der Waals surface area contributed by atoms with E-state index in [2.05, 4.69) is 33.4 Å². The van der Waals surface area contributed by atoms with Crippen LogP contribution in [0.4, 0.5) is 10.1 Å². The standard InChI is InChI=1S/C14H12BrClFN/c15-12-8-11(17)9-13(16)14(12)18-7-6-10-4-2-1-3-5-10/h1-5,8-9,18H,6-7H2. The molecule has 94 valence electrons. The normalized spacial score (nSPS) is 10.4. The van der Waals surface area contributed by atoms with E-state index in [1.165, 1.54) is 17.7 Å². The highest BCUT2D eigenvalue weighted by atomic mass is 79.9. The first kappa shape index (κ1) is 13.4. The van der Waals surface area contributed by atoms with Crippen LogP contribution in [0.2, 0.25) is 5.02 Å². The van der Waals surface area contributed by atoms with Crippen molar-refractivity contribution in [1.29, 1.82) is 0 Å². The van der Waals surface area contributed by atoms with Crippen molar-refractivity contribution >= 4 is 33.2 Å². The molecule has 2 aromatic rings. The molecule has 0 heterocycles. The van der Waals surface area contributed by atoms with E-state index in [0.717, 1.165) is 18.7 Å². The highest BCUT2D eigenvalue weighted by Crippen LogP contribution is 2.31. The van der Waals surface area contributed by atoms with Gasteiger partial charge in [-0.25, -0.2) is 4.39 Å². The number of nitrogens with one attached hydrogen (secondary N) is 1. The summed E-state index contributed by atoms with van der Waals surface area (Å²) in [4.78, 5) is 0. The maximum atomic E-state index is 13.1. The average molecular weight is 329 g/mol. The molecule has 0 radical (unpaired) electrons. The summed E-state index contributed by atoms with van der Waals surface area (Å²) in [6.45, 7) is 0.744. The molecule has 1 nitrogen and oxygen atoms in total. The zero-order chi connectivity index (χ0) is 13.0. The van der Waals surface area contributed by atoms with Gasteiger partial charge in [-0.05, 0) is 40.0 Å². The van der Waals surface area contributed by atoms with Gasteiger partial charge in [-0.15, -0.1) is 0 Å². The number of hydrogen-bond donors (Lipinski definition) is 1. The van der Waals surface area contributed by atoms with Gasteiger partial charge >= 0.3 is 0 Å². The Labute approximate surface area is 119 Å². The second-order valence-electron chi connectivity index (χ2n) is 3.91. The van der Waals surface area contributed by atoms with Crippen molar-refractivity contribution in [3.8, 4) is 0 Å². The highest BCUT2D eigenvalue weighted by Gasteiger charge is 2.07. The Morgan fingerprint density at radius 3 is 2.56 bits per heavy atom. The first-order valence-corrected chi connectivity index (χ1v) is 6.76. The van der Waals surface area contributed by atoms with Crippen LogP contribution in [0.15, 0.2) is 46.9 Å². The molecule has 0 saturated heterocycles. The van der Waals surface area contributed by atoms with E-state index in [-0.39, 0.29) is 5.82 Å². The van der Waals surface area contributed by atoms with Crippen LogP contribution in [0.5, 0.6) is 0 Å². The molecule has 0 aliphatic heterocycles. The molecule has 0 atom stereocenters. The minimum absolute atomic E-state index is 0.347. The van der Waals surface area contributed by atoms with Crippen molar-refractivity contribution in [1.82, 2.24) is 0 Å². The maximum Gasteiger partial charge on any atom is 0.125 e. The molecule has 4 heteroatoms. The van der Waals surface area contributed by atoms with E-state index in [4.69, 9.17) is 11.6 Å². The summed E-state index contributed by atoms with van der Waals surface area (Å²) >= 11 is 9.28. The Bertz CT molecular complexity index is 508. The molecule has 2 rings (SSSR count). The van der Waals surface area contributed by atoms with Crippen LogP contribution < -0.4 is 5.32 Å². The number of rotatable bonds is 4. The third-order valence-electron chi connectivity index (χ3n) is 2.57. The van der Waals surface area contributed by atoms with E-state index in [1.54, 1.807) is 0 Å². The van der Waals surface area contributed by atoms with Crippen molar-refractivity contribution in [2.45, 2.75) is 6.42 Å². The maximum absolute atomic E-state index is 13.1. The van der Waals surface area contributed by atoms with E-state index >= 15 is 0 Å². The molecule has 0 amide bonds. The molecule has 0 aliphatic carbocycles. The van der Waals surface area contributed by atoms with Crippen LogP contribution in [0.25, 0.3) is 0 Å². The first-order valence-electron chi connectivity index (χ1n) is 5.59. The molecule has 0 unspecified atom stereocenters. The molecule has 18 heavy (non-hydrogen) atoms. The lowest BCUT2D eigenvalue weighted by Gasteiger charge is -2.10. The second kappa shape index (κ2) is 6.21. The summed E-state index contributed by atoms with van der Waals surface area (Å²) < 4.78 is 13.7. The van der Waals surface area contributed by atoms with Crippen molar-refractivity contribution in [2.24, 2.45) is 0 Å². The lowest BCUT2D eigenvalue weighted by molar-refractivity contribution is 0.627. The van der Waals surface area contributed by atoms with E-state index in [1.807, 2.05) is 18.2 Å². The van der Waals surface area contributed by atoms with Crippen molar-refractivity contribution in [2.75, 3.05) is 11.9 Å². The van der Waals surface area contributed by atoms with Gasteiger partial charge in [0.15, 0.2) is 0 Å². The molecule has 0 spiro atoms. The topological polar surface area (TPSA) is 12.0 Å².